The van der Waals surface area contributed by atoms with E-state index in [1.807, 2.05) is 12.1 Å². The lowest BCUT2D eigenvalue weighted by Crippen LogP contribution is -1.86. The molecule has 118 valence electrons. The molecule has 0 aliphatic rings. The highest BCUT2D eigenvalue weighted by molar-refractivity contribution is 6.37. The summed E-state index contributed by atoms with van der Waals surface area (Å²) >= 11 is 6.16. The van der Waals surface area contributed by atoms with Gasteiger partial charge in [-0.25, -0.2) is 0 Å². The van der Waals surface area contributed by atoms with E-state index in [-0.39, 0.29) is 5.75 Å². The standard InChI is InChI=1S/C21H21ClO/c1-2-3-4-5-15-6-8-16(9-7-15)17-10-12-19-18(14-17)11-13-20(23)21(19)22/h6-14,23H,2-5H2,1H3. The van der Waals surface area contributed by atoms with E-state index in [4.69, 9.17) is 11.6 Å². The van der Waals surface area contributed by atoms with E-state index in [0.29, 0.717) is 5.02 Å². The van der Waals surface area contributed by atoms with Crippen LogP contribution < -0.4 is 0 Å². The van der Waals surface area contributed by atoms with Gasteiger partial charge in [0.25, 0.3) is 0 Å². The summed E-state index contributed by atoms with van der Waals surface area (Å²) in [4.78, 5) is 0. The first-order valence-corrected chi connectivity index (χ1v) is 8.57. The van der Waals surface area contributed by atoms with Gasteiger partial charge in [-0.05, 0) is 47.1 Å². The van der Waals surface area contributed by atoms with E-state index in [0.717, 1.165) is 17.2 Å². The van der Waals surface area contributed by atoms with Crippen LogP contribution in [0.25, 0.3) is 21.9 Å². The van der Waals surface area contributed by atoms with Gasteiger partial charge in [0.2, 0.25) is 0 Å². The molecular formula is C21H21ClO. The summed E-state index contributed by atoms with van der Waals surface area (Å²) < 4.78 is 0. The molecule has 0 radical (unpaired) electrons. The van der Waals surface area contributed by atoms with Crippen LogP contribution in [0.15, 0.2) is 54.6 Å². The summed E-state index contributed by atoms with van der Waals surface area (Å²) in [5.41, 5.74) is 3.77. The van der Waals surface area contributed by atoms with E-state index in [9.17, 15) is 5.11 Å². The minimum Gasteiger partial charge on any atom is -0.506 e. The monoisotopic (exact) mass is 324 g/mol. The topological polar surface area (TPSA) is 20.2 Å². The van der Waals surface area contributed by atoms with Gasteiger partial charge in [-0.15, -0.1) is 0 Å². The molecule has 23 heavy (non-hydrogen) atoms. The van der Waals surface area contributed by atoms with Crippen LogP contribution in [0.4, 0.5) is 0 Å². The lowest BCUT2D eigenvalue weighted by atomic mass is 9.99. The molecule has 1 N–H and O–H groups in total. The Bertz CT molecular complexity index is 806. The van der Waals surface area contributed by atoms with E-state index in [1.54, 1.807) is 6.07 Å². The molecule has 0 saturated carbocycles. The molecule has 0 amide bonds. The number of benzene rings is 3. The van der Waals surface area contributed by atoms with Crippen molar-refractivity contribution >= 4 is 22.4 Å². The summed E-state index contributed by atoms with van der Waals surface area (Å²) in [5.74, 6) is 0.128. The second kappa shape index (κ2) is 7.06. The molecule has 0 bridgehead atoms. The van der Waals surface area contributed by atoms with Crippen molar-refractivity contribution in [3.8, 4) is 16.9 Å². The zero-order valence-electron chi connectivity index (χ0n) is 13.3. The highest BCUT2D eigenvalue weighted by Crippen LogP contribution is 2.34. The number of fused-ring (bicyclic) bond motifs is 1. The highest BCUT2D eigenvalue weighted by atomic mass is 35.5. The fourth-order valence-corrected chi connectivity index (χ4v) is 3.14. The second-order valence-corrected chi connectivity index (χ2v) is 6.37. The number of phenols is 1. The Morgan fingerprint density at radius 3 is 2.35 bits per heavy atom. The van der Waals surface area contributed by atoms with Crippen molar-refractivity contribution in [3.63, 3.8) is 0 Å². The molecule has 0 spiro atoms. The van der Waals surface area contributed by atoms with Crippen molar-refractivity contribution in [3.05, 3.63) is 65.2 Å². The van der Waals surface area contributed by atoms with Crippen molar-refractivity contribution in [2.75, 3.05) is 0 Å². The Balaban J connectivity index is 1.86. The van der Waals surface area contributed by atoms with Crippen LogP contribution in [-0.2, 0) is 6.42 Å². The number of phenolic OH excluding ortho intramolecular Hbond substituents is 1. The third-order valence-electron chi connectivity index (χ3n) is 4.29. The molecule has 0 saturated heterocycles. The maximum absolute atomic E-state index is 9.69. The zero-order valence-corrected chi connectivity index (χ0v) is 14.1. The van der Waals surface area contributed by atoms with Gasteiger partial charge >= 0.3 is 0 Å². The van der Waals surface area contributed by atoms with Gasteiger partial charge in [0.05, 0.1) is 5.02 Å². The van der Waals surface area contributed by atoms with Gasteiger partial charge in [-0.3, -0.25) is 0 Å². The Morgan fingerprint density at radius 2 is 1.61 bits per heavy atom. The van der Waals surface area contributed by atoms with Gasteiger partial charge in [0, 0.05) is 5.39 Å². The van der Waals surface area contributed by atoms with Gasteiger partial charge in [0.1, 0.15) is 5.75 Å². The van der Waals surface area contributed by atoms with Gasteiger partial charge < -0.3 is 5.11 Å². The maximum atomic E-state index is 9.69. The third kappa shape index (κ3) is 3.51. The predicted molar refractivity (Wildman–Crippen MR) is 99.3 cm³/mol. The average Bonchev–Trinajstić information content (AvgIpc) is 2.59. The Kier molecular flexibility index (Phi) is 4.88. The SMILES string of the molecule is CCCCCc1ccc(-c2ccc3c(Cl)c(O)ccc3c2)cc1. The number of hydrogen-bond acceptors (Lipinski definition) is 1. The first kappa shape index (κ1) is 15.9. The molecule has 0 heterocycles. The number of halogens is 1. The summed E-state index contributed by atoms with van der Waals surface area (Å²) in [6, 6.07) is 18.5. The van der Waals surface area contributed by atoms with Crippen molar-refractivity contribution < 1.29 is 5.11 Å². The number of hydrogen-bond donors (Lipinski definition) is 1. The van der Waals surface area contributed by atoms with Crippen LogP contribution in [0.1, 0.15) is 31.7 Å². The number of aromatic hydroxyl groups is 1. The Morgan fingerprint density at radius 1 is 0.870 bits per heavy atom. The van der Waals surface area contributed by atoms with E-state index < -0.39 is 0 Å². The third-order valence-corrected chi connectivity index (χ3v) is 4.69. The molecule has 0 fully saturated rings. The number of rotatable bonds is 5. The molecule has 0 aromatic heterocycles. The van der Waals surface area contributed by atoms with E-state index in [2.05, 4.69) is 43.3 Å². The molecule has 0 unspecified atom stereocenters. The largest absolute Gasteiger partial charge is 0.506 e. The normalized spacial score (nSPS) is 11.0. The maximum Gasteiger partial charge on any atom is 0.134 e. The molecule has 3 aromatic rings. The molecule has 3 rings (SSSR count). The summed E-state index contributed by atoms with van der Waals surface area (Å²) in [5, 5.41) is 12.0. The summed E-state index contributed by atoms with van der Waals surface area (Å²) in [6.07, 6.45) is 4.96. The van der Waals surface area contributed by atoms with Crippen LogP contribution in [0.3, 0.4) is 0 Å². The molecule has 0 atom stereocenters. The summed E-state index contributed by atoms with van der Waals surface area (Å²) in [7, 11) is 0. The van der Waals surface area contributed by atoms with Gasteiger partial charge in [-0.1, -0.05) is 73.8 Å². The fourth-order valence-electron chi connectivity index (χ4n) is 2.90. The predicted octanol–water partition coefficient (Wildman–Crippen LogP) is 6.60. The highest BCUT2D eigenvalue weighted by Gasteiger charge is 2.06. The van der Waals surface area contributed by atoms with Crippen molar-refractivity contribution in [1.82, 2.24) is 0 Å². The molecule has 2 heteroatoms. The lowest BCUT2D eigenvalue weighted by molar-refractivity contribution is 0.476. The Hall–Kier alpha value is -1.99. The van der Waals surface area contributed by atoms with E-state index in [1.165, 1.54) is 36.0 Å². The summed E-state index contributed by atoms with van der Waals surface area (Å²) in [6.45, 7) is 2.23. The minimum absolute atomic E-state index is 0.128. The quantitative estimate of drug-likeness (QED) is 0.524. The number of unbranched alkanes of at least 4 members (excludes halogenated alkanes) is 2. The smallest absolute Gasteiger partial charge is 0.134 e. The van der Waals surface area contributed by atoms with Gasteiger partial charge in [0.15, 0.2) is 0 Å². The second-order valence-electron chi connectivity index (χ2n) is 5.99. The molecule has 0 aliphatic heterocycles. The van der Waals surface area contributed by atoms with Crippen molar-refractivity contribution in [1.29, 1.82) is 0 Å². The van der Waals surface area contributed by atoms with Crippen LogP contribution in [0.5, 0.6) is 5.75 Å². The first-order chi connectivity index (χ1) is 11.2. The van der Waals surface area contributed by atoms with E-state index >= 15 is 0 Å². The van der Waals surface area contributed by atoms with Crippen molar-refractivity contribution in [2.45, 2.75) is 32.6 Å². The van der Waals surface area contributed by atoms with Crippen molar-refractivity contribution in [2.24, 2.45) is 0 Å². The van der Waals surface area contributed by atoms with Crippen LogP contribution in [-0.4, -0.2) is 5.11 Å². The fraction of sp³-hybridized carbons (Fsp3) is 0.238. The van der Waals surface area contributed by atoms with Crippen LogP contribution in [0.2, 0.25) is 5.02 Å². The minimum atomic E-state index is 0.128. The lowest BCUT2D eigenvalue weighted by Gasteiger charge is -2.08. The molecule has 0 aliphatic carbocycles. The molecule has 3 aromatic carbocycles. The average molecular weight is 325 g/mol. The number of aryl methyl sites for hydroxylation is 1. The molecular weight excluding hydrogens is 304 g/mol. The Labute approximate surface area is 142 Å². The molecule has 1 nitrogen and oxygen atoms in total. The van der Waals surface area contributed by atoms with Gasteiger partial charge in [-0.2, -0.15) is 0 Å². The van der Waals surface area contributed by atoms with Crippen LogP contribution >= 0.6 is 11.6 Å². The van der Waals surface area contributed by atoms with Crippen LogP contribution in [0, 0.1) is 0 Å². The first-order valence-electron chi connectivity index (χ1n) is 8.19. The zero-order chi connectivity index (χ0) is 16.2.